The number of aliphatic hydroxyl groups is 1. The standard InChI is InChI=1S/C48H86NO9P/c1-6-8-10-11-12-13-14-15-16-17-18-19-22-26-29-32-36-40-48(52)58-46(44-57-59(53,54)56-42-41-49(3,4)5)43-55-47(51)39-35-31-28-25-23-20-21-24-27-30-34-38-45(50)37-33-9-7-2/h15-16,20-21,25,27-28,30,34,38,45-46,50H,6-14,17-19,22-24,26,29,31-33,35-37,39-44H2,1-5H3/p+1/b16-15-,21-20-,28-25-,30-27-,38-34+/t45-,46-/m1/s1. The van der Waals surface area contributed by atoms with E-state index in [0.717, 1.165) is 64.2 Å². The van der Waals surface area contributed by atoms with Crippen LogP contribution in [0.1, 0.15) is 174 Å². The van der Waals surface area contributed by atoms with Crippen molar-refractivity contribution >= 4 is 19.8 Å². The fraction of sp³-hybridized carbons (Fsp3) is 0.750. The van der Waals surface area contributed by atoms with Crippen LogP contribution in [0.3, 0.4) is 0 Å². The minimum atomic E-state index is -4.40. The van der Waals surface area contributed by atoms with Gasteiger partial charge in [-0.25, -0.2) is 4.57 Å². The molecule has 11 heteroatoms. The van der Waals surface area contributed by atoms with Gasteiger partial charge in [-0.15, -0.1) is 0 Å². The van der Waals surface area contributed by atoms with E-state index in [1.54, 1.807) is 0 Å². The van der Waals surface area contributed by atoms with Gasteiger partial charge in [-0.1, -0.05) is 158 Å². The van der Waals surface area contributed by atoms with Crippen LogP contribution in [0.4, 0.5) is 0 Å². The molecule has 342 valence electrons. The molecule has 1 unspecified atom stereocenters. The highest BCUT2D eigenvalue weighted by molar-refractivity contribution is 7.47. The highest BCUT2D eigenvalue weighted by atomic mass is 31.2. The number of aliphatic hydroxyl groups excluding tert-OH is 1. The minimum absolute atomic E-state index is 0.0127. The van der Waals surface area contributed by atoms with Crippen molar-refractivity contribution in [3.05, 3.63) is 60.8 Å². The van der Waals surface area contributed by atoms with Gasteiger partial charge in [0.05, 0.1) is 33.9 Å². The lowest BCUT2D eigenvalue weighted by molar-refractivity contribution is -0.870. The molecular weight excluding hydrogens is 766 g/mol. The monoisotopic (exact) mass is 853 g/mol. The first-order valence-corrected chi connectivity index (χ1v) is 24.6. The van der Waals surface area contributed by atoms with Crippen LogP contribution >= 0.6 is 7.82 Å². The molecule has 0 saturated heterocycles. The van der Waals surface area contributed by atoms with Gasteiger partial charge < -0.3 is 24.0 Å². The Kier molecular flexibility index (Phi) is 38.2. The number of nitrogens with zero attached hydrogens (tertiary/aromatic N) is 1. The Morgan fingerprint density at radius 3 is 1.78 bits per heavy atom. The average Bonchev–Trinajstić information content (AvgIpc) is 3.18. The molecule has 0 aromatic heterocycles. The van der Waals surface area contributed by atoms with Gasteiger partial charge in [0.2, 0.25) is 0 Å². The number of phosphoric ester groups is 1. The summed E-state index contributed by atoms with van der Waals surface area (Å²) in [6.45, 7) is 4.20. The second-order valence-corrected chi connectivity index (χ2v) is 18.1. The van der Waals surface area contributed by atoms with Crippen molar-refractivity contribution in [2.24, 2.45) is 0 Å². The average molecular weight is 853 g/mol. The topological polar surface area (TPSA) is 129 Å². The molecule has 0 saturated carbocycles. The molecule has 0 bridgehead atoms. The van der Waals surface area contributed by atoms with Gasteiger partial charge in [-0.3, -0.25) is 18.6 Å². The lowest BCUT2D eigenvalue weighted by Gasteiger charge is -2.24. The van der Waals surface area contributed by atoms with Crippen LogP contribution < -0.4 is 0 Å². The van der Waals surface area contributed by atoms with Gasteiger partial charge in [-0.05, 0) is 64.2 Å². The van der Waals surface area contributed by atoms with E-state index >= 15 is 0 Å². The molecule has 2 N–H and O–H groups in total. The van der Waals surface area contributed by atoms with Crippen molar-refractivity contribution in [1.29, 1.82) is 0 Å². The number of rotatable bonds is 41. The molecule has 0 rings (SSSR count). The van der Waals surface area contributed by atoms with Crippen molar-refractivity contribution in [1.82, 2.24) is 0 Å². The predicted octanol–water partition coefficient (Wildman–Crippen LogP) is 12.2. The first-order chi connectivity index (χ1) is 28.4. The number of unbranched alkanes of at least 4 members (excludes halogenated alkanes) is 16. The maximum Gasteiger partial charge on any atom is 0.472 e. The fourth-order valence-electron chi connectivity index (χ4n) is 5.93. The van der Waals surface area contributed by atoms with E-state index in [1.165, 1.54) is 64.2 Å². The minimum Gasteiger partial charge on any atom is -0.462 e. The van der Waals surface area contributed by atoms with E-state index in [1.807, 2.05) is 51.5 Å². The molecule has 59 heavy (non-hydrogen) atoms. The van der Waals surface area contributed by atoms with Gasteiger partial charge >= 0.3 is 19.8 Å². The lowest BCUT2D eigenvalue weighted by Crippen LogP contribution is -2.37. The molecule has 0 aliphatic rings. The number of carbonyl (C=O) groups is 2. The summed E-state index contributed by atoms with van der Waals surface area (Å²) in [6.07, 6.45) is 44.5. The number of hydrogen-bond acceptors (Lipinski definition) is 8. The second kappa shape index (κ2) is 39.8. The van der Waals surface area contributed by atoms with Gasteiger partial charge in [0, 0.05) is 12.8 Å². The Balaban J connectivity index is 4.47. The zero-order valence-corrected chi connectivity index (χ0v) is 39.0. The smallest absolute Gasteiger partial charge is 0.462 e. The van der Waals surface area contributed by atoms with Gasteiger partial charge in [0.25, 0.3) is 0 Å². The molecule has 10 nitrogen and oxygen atoms in total. The Bertz CT molecular complexity index is 1210. The summed E-state index contributed by atoms with van der Waals surface area (Å²) in [6, 6.07) is 0. The maximum atomic E-state index is 12.7. The predicted molar refractivity (Wildman–Crippen MR) is 244 cm³/mol. The number of esters is 2. The van der Waals surface area contributed by atoms with Crippen LogP contribution in [0.15, 0.2) is 60.8 Å². The number of allylic oxidation sites excluding steroid dienone is 9. The third kappa shape index (κ3) is 43.6. The Morgan fingerprint density at radius 1 is 0.610 bits per heavy atom. The molecule has 0 spiro atoms. The molecule has 0 aromatic rings. The molecule has 0 radical (unpaired) electrons. The molecule has 0 aliphatic carbocycles. The van der Waals surface area contributed by atoms with Crippen LogP contribution in [-0.4, -0.2) is 86.1 Å². The molecule has 0 amide bonds. The molecule has 0 fully saturated rings. The van der Waals surface area contributed by atoms with Gasteiger partial charge in [0.1, 0.15) is 19.8 Å². The molecule has 0 aliphatic heterocycles. The Hall–Kier alpha value is -2.33. The van der Waals surface area contributed by atoms with Crippen LogP contribution in [0.25, 0.3) is 0 Å². The Labute approximate surface area is 360 Å². The summed E-state index contributed by atoms with van der Waals surface area (Å²) in [5, 5.41) is 9.91. The van der Waals surface area contributed by atoms with Gasteiger partial charge in [-0.2, -0.15) is 0 Å². The van der Waals surface area contributed by atoms with E-state index in [4.69, 9.17) is 18.5 Å². The molecule has 0 heterocycles. The van der Waals surface area contributed by atoms with Crippen molar-refractivity contribution < 1.29 is 47.2 Å². The van der Waals surface area contributed by atoms with E-state index in [0.29, 0.717) is 30.3 Å². The highest BCUT2D eigenvalue weighted by Gasteiger charge is 2.27. The number of quaternary nitrogens is 1. The van der Waals surface area contributed by atoms with E-state index in [-0.39, 0.29) is 32.2 Å². The van der Waals surface area contributed by atoms with E-state index in [2.05, 4.69) is 44.2 Å². The zero-order valence-electron chi connectivity index (χ0n) is 38.1. The summed E-state index contributed by atoms with van der Waals surface area (Å²) >= 11 is 0. The number of phosphoric acid groups is 1. The number of carbonyl (C=O) groups excluding carboxylic acids is 2. The van der Waals surface area contributed by atoms with Crippen molar-refractivity contribution in [2.75, 3.05) is 47.5 Å². The maximum absolute atomic E-state index is 12.7. The summed E-state index contributed by atoms with van der Waals surface area (Å²) in [7, 11) is 1.41. The third-order valence-corrected chi connectivity index (χ3v) is 10.6. The van der Waals surface area contributed by atoms with E-state index < -0.39 is 32.5 Å². The van der Waals surface area contributed by atoms with E-state index in [9.17, 15) is 24.2 Å². The Morgan fingerprint density at radius 2 is 1.14 bits per heavy atom. The largest absolute Gasteiger partial charge is 0.472 e. The number of ether oxygens (including phenoxy) is 2. The van der Waals surface area contributed by atoms with Crippen LogP contribution in [0, 0.1) is 0 Å². The zero-order chi connectivity index (χ0) is 43.7. The van der Waals surface area contributed by atoms with Crippen LogP contribution in [-0.2, 0) is 32.7 Å². The van der Waals surface area contributed by atoms with Crippen molar-refractivity contribution in [2.45, 2.75) is 187 Å². The third-order valence-electron chi connectivity index (χ3n) is 9.62. The second-order valence-electron chi connectivity index (χ2n) is 16.6. The summed E-state index contributed by atoms with van der Waals surface area (Å²) < 4.78 is 34.2. The molecule has 3 atom stereocenters. The van der Waals surface area contributed by atoms with Crippen LogP contribution in [0.5, 0.6) is 0 Å². The first kappa shape index (κ1) is 56.7. The quantitative estimate of drug-likeness (QED) is 0.0154. The summed E-state index contributed by atoms with van der Waals surface area (Å²) in [4.78, 5) is 35.4. The highest BCUT2D eigenvalue weighted by Crippen LogP contribution is 2.43. The van der Waals surface area contributed by atoms with Crippen molar-refractivity contribution in [3.63, 3.8) is 0 Å². The van der Waals surface area contributed by atoms with Crippen LogP contribution in [0.2, 0.25) is 0 Å². The number of likely N-dealkylation sites (N-methyl/N-ethyl adjacent to an activating group) is 1. The summed E-state index contributed by atoms with van der Waals surface area (Å²) in [5.41, 5.74) is 0. The fourth-order valence-corrected chi connectivity index (χ4v) is 6.68. The van der Waals surface area contributed by atoms with Crippen molar-refractivity contribution in [3.8, 4) is 0 Å². The lowest BCUT2D eigenvalue weighted by atomic mass is 10.1. The normalized spacial score (nSPS) is 14.6. The SMILES string of the molecule is CCCCCCCC/C=C\CCCCCCCCCC(=O)O[C@H](COC(=O)CCC/C=C\C/C=C\C/C=C\C=C\[C@H](O)CCCCC)COP(=O)(O)OCC[N+](C)(C)C. The molecular formula is C48H87NO9P+. The van der Waals surface area contributed by atoms with Gasteiger partial charge in [0.15, 0.2) is 6.10 Å². The summed E-state index contributed by atoms with van der Waals surface area (Å²) in [5.74, 6) is -0.898. The molecule has 0 aromatic carbocycles. The first-order valence-electron chi connectivity index (χ1n) is 23.1. The number of hydrogen-bond donors (Lipinski definition) is 2.